The number of carbonyl (C=O) groups is 1. The Kier molecular flexibility index (Phi) is 5.84. The lowest BCUT2D eigenvalue weighted by Crippen LogP contribution is -2.48. The number of ether oxygens (including phenoxy) is 1. The lowest BCUT2D eigenvalue weighted by atomic mass is 10.0. The van der Waals surface area contributed by atoms with E-state index in [9.17, 15) is 4.79 Å². The molecule has 0 unspecified atom stereocenters. The van der Waals surface area contributed by atoms with Crippen molar-refractivity contribution in [1.82, 2.24) is 14.6 Å². The van der Waals surface area contributed by atoms with Gasteiger partial charge in [0.15, 0.2) is 0 Å². The molecule has 6 nitrogen and oxygen atoms in total. The number of nitrogens with zero attached hydrogens (tertiary/aromatic N) is 3. The highest BCUT2D eigenvalue weighted by Gasteiger charge is 2.27. The molecule has 6 heteroatoms. The van der Waals surface area contributed by atoms with Crippen LogP contribution in [0, 0.1) is 13.8 Å². The van der Waals surface area contributed by atoms with Crippen molar-refractivity contribution in [3.8, 4) is 11.1 Å². The Morgan fingerprint density at radius 2 is 1.68 bits per heavy atom. The molecule has 0 N–H and O–H groups in total. The van der Waals surface area contributed by atoms with Crippen LogP contribution in [0.15, 0.2) is 71.3 Å². The fourth-order valence-electron chi connectivity index (χ4n) is 5.75. The van der Waals surface area contributed by atoms with Gasteiger partial charge in [0.25, 0.3) is 5.91 Å². The summed E-state index contributed by atoms with van der Waals surface area (Å²) in [5.41, 5.74) is 7.15. The van der Waals surface area contributed by atoms with Crippen molar-refractivity contribution in [2.45, 2.75) is 46.4 Å². The number of aryl methyl sites for hydroxylation is 2. The largest absolute Gasteiger partial charge is 0.372 e. The molecule has 37 heavy (non-hydrogen) atoms. The van der Waals surface area contributed by atoms with E-state index in [1.165, 1.54) is 5.56 Å². The summed E-state index contributed by atoms with van der Waals surface area (Å²) in [7, 11) is 0. The molecule has 3 heterocycles. The maximum Gasteiger partial charge on any atom is 0.254 e. The second kappa shape index (κ2) is 9.20. The highest BCUT2D eigenvalue weighted by molar-refractivity contribution is 6.11. The third-order valence-corrected chi connectivity index (χ3v) is 7.33. The van der Waals surface area contributed by atoms with Crippen LogP contribution in [-0.2, 0) is 11.3 Å². The molecule has 2 aromatic heterocycles. The van der Waals surface area contributed by atoms with Crippen molar-refractivity contribution in [2.24, 2.45) is 0 Å². The van der Waals surface area contributed by atoms with Gasteiger partial charge in [-0.25, -0.2) is 0 Å². The quantitative estimate of drug-likeness (QED) is 0.292. The average molecular weight is 494 g/mol. The minimum absolute atomic E-state index is 0.0342. The van der Waals surface area contributed by atoms with Gasteiger partial charge in [-0.05, 0) is 63.1 Å². The van der Waals surface area contributed by atoms with E-state index < -0.39 is 0 Å². The number of amides is 1. The normalized spacial score (nSPS) is 18.1. The molecule has 0 spiro atoms. The molecular weight excluding hydrogens is 462 g/mol. The van der Waals surface area contributed by atoms with Gasteiger partial charge < -0.3 is 18.7 Å². The number of carbonyl (C=O) groups excluding carboxylic acids is 1. The molecule has 5 aromatic rings. The molecule has 3 aromatic carbocycles. The number of hydrogen-bond donors (Lipinski definition) is 0. The van der Waals surface area contributed by atoms with E-state index in [2.05, 4.69) is 64.3 Å². The molecule has 0 aliphatic carbocycles. The Bertz CT molecular complexity index is 1590. The molecule has 1 aliphatic heterocycles. The van der Waals surface area contributed by atoms with E-state index in [4.69, 9.17) is 9.26 Å². The summed E-state index contributed by atoms with van der Waals surface area (Å²) in [4.78, 5) is 15.4. The second-order valence-corrected chi connectivity index (χ2v) is 10.2. The molecule has 188 valence electrons. The summed E-state index contributed by atoms with van der Waals surface area (Å²) < 4.78 is 13.6. The molecule has 1 amide bonds. The van der Waals surface area contributed by atoms with Gasteiger partial charge in [0, 0.05) is 47.1 Å². The summed E-state index contributed by atoms with van der Waals surface area (Å²) in [6.07, 6.45) is 0.0684. The Morgan fingerprint density at radius 1 is 0.919 bits per heavy atom. The van der Waals surface area contributed by atoms with Gasteiger partial charge in [-0.1, -0.05) is 47.6 Å². The van der Waals surface area contributed by atoms with Crippen LogP contribution < -0.4 is 0 Å². The van der Waals surface area contributed by atoms with Crippen molar-refractivity contribution in [1.29, 1.82) is 0 Å². The van der Waals surface area contributed by atoms with Crippen LogP contribution in [0.3, 0.4) is 0 Å². The maximum atomic E-state index is 13.5. The molecule has 0 saturated carbocycles. The van der Waals surface area contributed by atoms with Crippen molar-refractivity contribution in [2.75, 3.05) is 13.1 Å². The summed E-state index contributed by atoms with van der Waals surface area (Å²) >= 11 is 0. The monoisotopic (exact) mass is 493 g/mol. The van der Waals surface area contributed by atoms with Gasteiger partial charge >= 0.3 is 0 Å². The van der Waals surface area contributed by atoms with E-state index in [0.717, 1.165) is 50.9 Å². The number of rotatable bonds is 4. The van der Waals surface area contributed by atoms with Gasteiger partial charge in [-0.15, -0.1) is 0 Å². The topological polar surface area (TPSA) is 60.5 Å². The van der Waals surface area contributed by atoms with Crippen LogP contribution in [0.2, 0.25) is 0 Å². The SMILES string of the molecule is Cc1noc(C)c1-c1ccc2c3cc(C(=O)N4C[C@@H](C)O[C@@H](C)C4)ccc3n(Cc3ccccc3)c2c1. The third kappa shape index (κ3) is 4.21. The average Bonchev–Trinajstić information content (AvgIpc) is 3.39. The number of aromatic nitrogens is 2. The fraction of sp³-hybridized carbons (Fsp3) is 0.290. The Labute approximate surface area is 216 Å². The first kappa shape index (κ1) is 23.5. The van der Waals surface area contributed by atoms with Crippen LogP contribution in [0.25, 0.3) is 32.9 Å². The van der Waals surface area contributed by atoms with Gasteiger partial charge in [-0.2, -0.15) is 0 Å². The smallest absolute Gasteiger partial charge is 0.254 e. The van der Waals surface area contributed by atoms with Crippen LogP contribution in [0.1, 0.15) is 41.2 Å². The van der Waals surface area contributed by atoms with Gasteiger partial charge in [-0.3, -0.25) is 4.79 Å². The zero-order chi connectivity index (χ0) is 25.7. The predicted molar refractivity (Wildman–Crippen MR) is 146 cm³/mol. The molecule has 0 radical (unpaired) electrons. The molecule has 2 atom stereocenters. The lowest BCUT2D eigenvalue weighted by molar-refractivity contribution is -0.0586. The maximum absolute atomic E-state index is 13.5. The van der Waals surface area contributed by atoms with E-state index in [0.29, 0.717) is 18.7 Å². The van der Waals surface area contributed by atoms with E-state index in [1.54, 1.807) is 0 Å². The zero-order valence-electron chi connectivity index (χ0n) is 21.7. The van der Waals surface area contributed by atoms with Crippen LogP contribution >= 0.6 is 0 Å². The fourth-order valence-corrected chi connectivity index (χ4v) is 5.75. The minimum Gasteiger partial charge on any atom is -0.372 e. The third-order valence-electron chi connectivity index (χ3n) is 7.33. The Hall–Kier alpha value is -3.90. The second-order valence-electron chi connectivity index (χ2n) is 10.2. The van der Waals surface area contributed by atoms with Crippen LogP contribution in [-0.4, -0.2) is 45.8 Å². The van der Waals surface area contributed by atoms with Gasteiger partial charge in [0.1, 0.15) is 5.76 Å². The van der Waals surface area contributed by atoms with E-state index >= 15 is 0 Å². The highest BCUT2D eigenvalue weighted by Crippen LogP contribution is 2.35. The highest BCUT2D eigenvalue weighted by atomic mass is 16.5. The van der Waals surface area contributed by atoms with Gasteiger partial charge in [0.05, 0.1) is 23.4 Å². The Balaban J connectivity index is 1.50. The molecule has 1 fully saturated rings. The summed E-state index contributed by atoms with van der Waals surface area (Å²) in [5, 5.41) is 6.36. The van der Waals surface area contributed by atoms with E-state index in [1.807, 2.05) is 44.7 Å². The predicted octanol–water partition coefficient (Wildman–Crippen LogP) is 6.36. The number of fused-ring (bicyclic) bond motifs is 3. The lowest BCUT2D eigenvalue weighted by Gasteiger charge is -2.35. The first-order valence-electron chi connectivity index (χ1n) is 12.9. The number of morpholine rings is 1. The van der Waals surface area contributed by atoms with Crippen LogP contribution in [0.5, 0.6) is 0 Å². The number of benzene rings is 3. The summed E-state index contributed by atoms with van der Waals surface area (Å²) in [6, 6.07) is 23.1. The first-order valence-corrected chi connectivity index (χ1v) is 12.9. The van der Waals surface area contributed by atoms with Crippen LogP contribution in [0.4, 0.5) is 0 Å². The van der Waals surface area contributed by atoms with Crippen molar-refractivity contribution in [3.05, 3.63) is 89.3 Å². The van der Waals surface area contributed by atoms with Gasteiger partial charge in [0.2, 0.25) is 0 Å². The molecule has 1 saturated heterocycles. The van der Waals surface area contributed by atoms with Crippen molar-refractivity contribution >= 4 is 27.7 Å². The van der Waals surface area contributed by atoms with Crippen molar-refractivity contribution in [3.63, 3.8) is 0 Å². The first-order chi connectivity index (χ1) is 17.9. The summed E-state index contributed by atoms with van der Waals surface area (Å²) in [5.74, 6) is 0.865. The van der Waals surface area contributed by atoms with E-state index in [-0.39, 0.29) is 18.1 Å². The molecule has 1 aliphatic rings. The summed E-state index contributed by atoms with van der Waals surface area (Å²) in [6.45, 7) is 9.91. The minimum atomic E-state index is 0.0342. The number of hydrogen-bond acceptors (Lipinski definition) is 4. The Morgan fingerprint density at radius 3 is 2.38 bits per heavy atom. The standard InChI is InChI=1S/C31H31N3O3/c1-19-16-33(17-20(2)36-19)31(35)25-11-13-28-27(14-25)26-12-10-24(30-21(3)32-37-22(30)4)15-29(26)34(28)18-23-8-6-5-7-9-23/h5-15,19-20H,16-18H2,1-4H3/t19-,20+. The molecule has 6 rings (SSSR count). The van der Waals surface area contributed by atoms with Crippen molar-refractivity contribution < 1.29 is 14.1 Å². The zero-order valence-corrected chi connectivity index (χ0v) is 21.7. The molecular formula is C31H31N3O3. The molecule has 0 bridgehead atoms.